The maximum absolute atomic E-state index is 12.8. The zero-order chi connectivity index (χ0) is 34.3. The van der Waals surface area contributed by atoms with Crippen molar-refractivity contribution in [1.29, 1.82) is 0 Å². The van der Waals surface area contributed by atoms with Gasteiger partial charge in [0.25, 0.3) is 12.9 Å². The molecule has 2 aromatic heterocycles. The lowest BCUT2D eigenvalue weighted by Gasteiger charge is -2.08. The molecule has 8 heteroatoms. The fourth-order valence-electron chi connectivity index (χ4n) is 3.76. The summed E-state index contributed by atoms with van der Waals surface area (Å²) in [5.74, 6) is 0.754. The fraction of sp³-hybridized carbons (Fsp3) is 0.405. The summed E-state index contributed by atoms with van der Waals surface area (Å²) in [6.45, 7) is 18.5. The van der Waals surface area contributed by atoms with Gasteiger partial charge in [-0.05, 0) is 89.2 Å². The molecule has 4 rings (SSSR count). The number of hydrogen-bond acceptors (Lipinski definition) is 2. The number of nitrogens with zero attached hydrogens (tertiary/aromatic N) is 2. The number of hydrogen-bond donors (Lipinski definition) is 0. The third kappa shape index (κ3) is 15.0. The molecule has 0 spiro atoms. The van der Waals surface area contributed by atoms with Crippen LogP contribution in [0.4, 0.5) is 22.0 Å². The molecular formula is C37H46ClF5N2. The molecule has 0 aliphatic carbocycles. The van der Waals surface area contributed by atoms with Crippen LogP contribution >= 0.6 is 11.6 Å². The lowest BCUT2D eigenvalue weighted by Crippen LogP contribution is -1.95. The van der Waals surface area contributed by atoms with Crippen LogP contribution < -0.4 is 0 Å². The van der Waals surface area contributed by atoms with Crippen molar-refractivity contribution in [2.75, 3.05) is 0 Å². The Balaban J connectivity index is 0.000000302. The van der Waals surface area contributed by atoms with Gasteiger partial charge in [0.1, 0.15) is 16.7 Å². The Labute approximate surface area is 271 Å². The molecule has 2 heterocycles. The van der Waals surface area contributed by atoms with E-state index < -0.39 is 24.2 Å². The van der Waals surface area contributed by atoms with Crippen molar-refractivity contribution in [3.63, 3.8) is 0 Å². The number of rotatable bonds is 6. The van der Waals surface area contributed by atoms with E-state index in [2.05, 4.69) is 68.9 Å². The Bertz CT molecular complexity index is 1380. The lowest BCUT2D eigenvalue weighted by molar-refractivity contribution is 0.145. The molecule has 45 heavy (non-hydrogen) atoms. The summed E-state index contributed by atoms with van der Waals surface area (Å²) in [7, 11) is 0. The van der Waals surface area contributed by atoms with Crippen molar-refractivity contribution in [3.05, 3.63) is 129 Å². The Morgan fingerprint density at radius 1 is 0.533 bits per heavy atom. The van der Waals surface area contributed by atoms with Crippen LogP contribution in [0.2, 0.25) is 5.15 Å². The van der Waals surface area contributed by atoms with E-state index in [-0.39, 0.29) is 17.5 Å². The Morgan fingerprint density at radius 3 is 1.40 bits per heavy atom. The number of alkyl halides is 4. The second-order valence-corrected chi connectivity index (χ2v) is 12.2. The van der Waals surface area contributed by atoms with Crippen LogP contribution in [0.1, 0.15) is 131 Å². The molecule has 0 saturated heterocycles. The van der Waals surface area contributed by atoms with Gasteiger partial charge in [0.2, 0.25) is 0 Å². The summed E-state index contributed by atoms with van der Waals surface area (Å²) in [6.07, 6.45) is -2.04. The molecule has 2 nitrogen and oxygen atoms in total. The molecule has 0 saturated carbocycles. The summed E-state index contributed by atoms with van der Waals surface area (Å²) in [5.41, 5.74) is 4.99. The minimum atomic E-state index is -2.74. The molecule has 246 valence electrons. The van der Waals surface area contributed by atoms with Crippen molar-refractivity contribution in [2.45, 2.75) is 98.8 Å². The quantitative estimate of drug-likeness (QED) is 0.154. The van der Waals surface area contributed by atoms with Gasteiger partial charge in [-0.3, -0.25) is 4.98 Å². The number of aromatic nitrogens is 2. The van der Waals surface area contributed by atoms with Crippen molar-refractivity contribution < 1.29 is 22.0 Å². The zero-order valence-corrected chi connectivity index (χ0v) is 28.4. The monoisotopic (exact) mass is 648 g/mol. The Kier molecular flexibility index (Phi) is 17.6. The minimum Gasteiger partial charge on any atom is -0.255 e. The van der Waals surface area contributed by atoms with Gasteiger partial charge in [-0.25, -0.2) is 26.9 Å². The highest BCUT2D eigenvalue weighted by Gasteiger charge is 2.14. The SMILES string of the molecule is CC(C)c1ccc(F)c(C(F)F)c1.CC(C)c1ccnc(C(F)F)c1.CC(C)c1ccnc(Cl)c1.Cc1ccc(C(C)C)cc1. The van der Waals surface area contributed by atoms with Crippen LogP contribution in [0.15, 0.2) is 79.1 Å². The van der Waals surface area contributed by atoms with Crippen LogP contribution in [-0.4, -0.2) is 9.97 Å². The molecule has 0 unspecified atom stereocenters. The van der Waals surface area contributed by atoms with Gasteiger partial charge < -0.3 is 0 Å². The molecule has 4 aromatic rings. The molecule has 0 aliphatic rings. The van der Waals surface area contributed by atoms with E-state index >= 15 is 0 Å². The van der Waals surface area contributed by atoms with E-state index in [1.165, 1.54) is 41.1 Å². The maximum Gasteiger partial charge on any atom is 0.280 e. The van der Waals surface area contributed by atoms with Crippen LogP contribution in [0.25, 0.3) is 0 Å². The molecule has 0 atom stereocenters. The van der Waals surface area contributed by atoms with E-state index in [1.807, 2.05) is 39.8 Å². The number of aryl methyl sites for hydroxylation is 1. The minimum absolute atomic E-state index is 0.137. The van der Waals surface area contributed by atoms with Gasteiger partial charge in [-0.15, -0.1) is 0 Å². The summed E-state index contributed by atoms with van der Waals surface area (Å²) < 4.78 is 61.6. The molecule has 0 radical (unpaired) electrons. The van der Waals surface area contributed by atoms with Crippen molar-refractivity contribution >= 4 is 11.6 Å². The Hall–Kier alpha value is -3.32. The van der Waals surface area contributed by atoms with Gasteiger partial charge >= 0.3 is 0 Å². The number of pyridine rings is 2. The van der Waals surface area contributed by atoms with Gasteiger partial charge in [-0.1, -0.05) is 103 Å². The fourth-order valence-corrected chi connectivity index (χ4v) is 3.94. The highest BCUT2D eigenvalue weighted by molar-refractivity contribution is 6.29. The molecule has 0 aliphatic heterocycles. The van der Waals surface area contributed by atoms with Crippen molar-refractivity contribution in [1.82, 2.24) is 9.97 Å². The third-order valence-electron chi connectivity index (χ3n) is 6.78. The topological polar surface area (TPSA) is 25.8 Å². The Morgan fingerprint density at radius 2 is 0.978 bits per heavy atom. The molecule has 0 amide bonds. The first-order chi connectivity index (χ1) is 21.0. The van der Waals surface area contributed by atoms with E-state index in [9.17, 15) is 22.0 Å². The molecule has 0 N–H and O–H groups in total. The third-order valence-corrected chi connectivity index (χ3v) is 6.99. The molecule has 2 aromatic carbocycles. The normalized spacial score (nSPS) is 10.9. The predicted octanol–water partition coefficient (Wildman–Crippen LogP) is 13.0. The van der Waals surface area contributed by atoms with E-state index in [0.717, 1.165) is 17.2 Å². The predicted molar refractivity (Wildman–Crippen MR) is 177 cm³/mol. The average Bonchev–Trinajstić information content (AvgIpc) is 2.98. The molecule has 0 bridgehead atoms. The van der Waals surface area contributed by atoms with Crippen LogP contribution in [0, 0.1) is 12.7 Å². The molecular weight excluding hydrogens is 603 g/mol. The average molecular weight is 649 g/mol. The second kappa shape index (κ2) is 19.9. The zero-order valence-electron chi connectivity index (χ0n) is 27.6. The highest BCUT2D eigenvalue weighted by atomic mass is 35.5. The molecule has 0 fully saturated rings. The van der Waals surface area contributed by atoms with Crippen LogP contribution in [-0.2, 0) is 0 Å². The van der Waals surface area contributed by atoms with Gasteiger partial charge in [0.05, 0.1) is 5.56 Å². The second-order valence-electron chi connectivity index (χ2n) is 11.8. The largest absolute Gasteiger partial charge is 0.280 e. The number of halogens is 6. The standard InChI is InChI=1S/C10H11F3.C10H14.C9H11F2N.C8H10ClN/c1-6(2)7-3-4-9(11)8(5-7)10(12)13;1-8(2)10-6-4-9(3)5-7-10;1-6(2)7-3-4-12-8(5-7)9(10)11;1-6(2)7-3-4-10-8(9)5-7/h3-6,10H,1-2H3;4-8H,1-3H3;3-6,9H,1-2H3;3-6H,1-2H3. The number of benzene rings is 2. The van der Waals surface area contributed by atoms with Crippen molar-refractivity contribution in [3.8, 4) is 0 Å². The summed E-state index contributed by atoms with van der Waals surface area (Å²) in [6, 6.07) is 19.7. The van der Waals surface area contributed by atoms with Gasteiger partial charge in [-0.2, -0.15) is 0 Å². The first kappa shape index (κ1) is 39.7. The smallest absolute Gasteiger partial charge is 0.255 e. The summed E-state index contributed by atoms with van der Waals surface area (Å²) >= 11 is 5.68. The van der Waals surface area contributed by atoms with Gasteiger partial charge in [0.15, 0.2) is 0 Å². The van der Waals surface area contributed by atoms with Crippen LogP contribution in [0.5, 0.6) is 0 Å². The van der Waals surface area contributed by atoms with Crippen molar-refractivity contribution in [2.24, 2.45) is 0 Å². The first-order valence-corrected chi connectivity index (χ1v) is 15.4. The van der Waals surface area contributed by atoms with E-state index in [0.29, 0.717) is 17.0 Å². The van der Waals surface area contributed by atoms with E-state index in [4.69, 9.17) is 11.6 Å². The summed E-state index contributed by atoms with van der Waals surface area (Å²) in [4.78, 5) is 7.46. The van der Waals surface area contributed by atoms with Gasteiger partial charge in [0, 0.05) is 12.4 Å². The van der Waals surface area contributed by atoms with Crippen LogP contribution in [0.3, 0.4) is 0 Å². The lowest BCUT2D eigenvalue weighted by atomic mass is 10.0. The maximum atomic E-state index is 12.8. The summed E-state index contributed by atoms with van der Waals surface area (Å²) in [5, 5.41) is 0.575. The highest BCUT2D eigenvalue weighted by Crippen LogP contribution is 2.26. The van der Waals surface area contributed by atoms with E-state index in [1.54, 1.807) is 12.3 Å². The first-order valence-electron chi connectivity index (χ1n) is 15.0.